The number of fused-ring (bicyclic) bond motifs is 1. The summed E-state index contributed by atoms with van der Waals surface area (Å²) in [5.74, 6) is 0.729. The Morgan fingerprint density at radius 1 is 1.42 bits per heavy atom. The van der Waals surface area contributed by atoms with Crippen molar-refractivity contribution in [2.45, 2.75) is 64.3 Å². The number of rotatable bonds is 12. The average molecular weight is 516 g/mol. The summed E-state index contributed by atoms with van der Waals surface area (Å²) in [5, 5.41) is 11.1. The number of furan rings is 1. The molecular weight excluding hydrogens is 482 g/mol. The highest BCUT2D eigenvalue weighted by molar-refractivity contribution is 7.20. The minimum atomic E-state index is -0.701. The van der Waals surface area contributed by atoms with Gasteiger partial charge in [0.15, 0.2) is 0 Å². The second-order valence-electron chi connectivity index (χ2n) is 9.11. The maximum atomic E-state index is 13.0. The summed E-state index contributed by atoms with van der Waals surface area (Å²) >= 11 is 1.16. The van der Waals surface area contributed by atoms with E-state index in [1.54, 1.807) is 19.3 Å². The minimum absolute atomic E-state index is 0.103. The number of ether oxygens (including phenoxy) is 2. The first-order chi connectivity index (χ1) is 17.5. The number of carbonyl (C=O) groups is 1. The smallest absolute Gasteiger partial charge is 0.348 e. The zero-order valence-electron chi connectivity index (χ0n) is 20.5. The molecule has 1 aliphatic carbocycles. The molecule has 3 aromatic heterocycles. The fraction of sp³-hybridized carbons (Fsp3) is 0.500. The molecule has 4 rings (SSSR count). The molecule has 2 N–H and O–H groups in total. The molecule has 3 heterocycles. The Labute approximate surface area is 213 Å². The zero-order chi connectivity index (χ0) is 25.5. The first kappa shape index (κ1) is 26.3. The van der Waals surface area contributed by atoms with Crippen LogP contribution in [0.4, 0.5) is 0 Å². The van der Waals surface area contributed by atoms with E-state index in [1.807, 2.05) is 6.07 Å². The van der Waals surface area contributed by atoms with E-state index in [9.17, 15) is 14.7 Å². The normalized spacial score (nSPS) is 15.4. The molecule has 1 atom stereocenters. The molecule has 10 heteroatoms. The molecule has 1 saturated carbocycles. The third-order valence-corrected chi connectivity index (χ3v) is 7.56. The van der Waals surface area contributed by atoms with E-state index in [-0.39, 0.29) is 24.8 Å². The third-order valence-electron chi connectivity index (χ3n) is 6.39. The predicted octanol–water partition coefficient (Wildman–Crippen LogP) is 3.94. The van der Waals surface area contributed by atoms with E-state index in [0.29, 0.717) is 51.9 Å². The summed E-state index contributed by atoms with van der Waals surface area (Å²) in [7, 11) is 0. The molecule has 3 aromatic rings. The van der Waals surface area contributed by atoms with Crippen LogP contribution in [0, 0.1) is 6.92 Å². The van der Waals surface area contributed by atoms with Crippen LogP contribution in [-0.2, 0) is 22.6 Å². The van der Waals surface area contributed by atoms with Gasteiger partial charge in [0.2, 0.25) is 0 Å². The van der Waals surface area contributed by atoms with E-state index in [2.05, 4.69) is 21.4 Å². The van der Waals surface area contributed by atoms with Gasteiger partial charge < -0.3 is 24.0 Å². The number of aliphatic hydroxyl groups excluding tert-OH is 1. The van der Waals surface area contributed by atoms with Crippen molar-refractivity contribution in [3.05, 3.63) is 63.4 Å². The molecule has 36 heavy (non-hydrogen) atoms. The number of aryl methyl sites for hydroxylation is 1. The molecule has 0 spiro atoms. The summed E-state index contributed by atoms with van der Waals surface area (Å²) in [5.41, 5.74) is 0.287. The Morgan fingerprint density at radius 3 is 2.94 bits per heavy atom. The summed E-state index contributed by atoms with van der Waals surface area (Å²) < 4.78 is 16.1. The summed E-state index contributed by atoms with van der Waals surface area (Å²) in [6.07, 6.45) is 7.93. The Hall–Kier alpha value is -2.79. The minimum Gasteiger partial charge on any atom is -0.467 e. The van der Waals surface area contributed by atoms with Gasteiger partial charge in [0, 0.05) is 12.6 Å². The second-order valence-corrected chi connectivity index (χ2v) is 10.1. The van der Waals surface area contributed by atoms with Gasteiger partial charge in [-0.2, -0.15) is 0 Å². The highest BCUT2D eigenvalue weighted by atomic mass is 32.1. The van der Waals surface area contributed by atoms with Crippen molar-refractivity contribution in [3.63, 3.8) is 0 Å². The molecule has 0 amide bonds. The standard InChI is InChI=1S/C26H33N3O6S/c1-3-11-35-26(32)23-17(2)22-24(31)27-21(28-25(22)36-23)14-29(18-8-5-4-6-9-18)13-19(30)15-33-16-20-10-7-12-34-20/h3,7,10,12,18-19,30H,1,4-6,8-9,11,13-16H2,2H3,(H,27,28,31). The zero-order valence-corrected chi connectivity index (χ0v) is 21.3. The maximum Gasteiger partial charge on any atom is 0.348 e. The average Bonchev–Trinajstić information content (AvgIpc) is 3.50. The van der Waals surface area contributed by atoms with Crippen LogP contribution in [0.2, 0.25) is 0 Å². The molecular formula is C26H33N3O6S. The molecule has 1 fully saturated rings. The van der Waals surface area contributed by atoms with E-state index in [0.717, 1.165) is 37.0 Å². The van der Waals surface area contributed by atoms with Crippen LogP contribution >= 0.6 is 11.3 Å². The first-order valence-corrected chi connectivity index (χ1v) is 13.1. The monoisotopic (exact) mass is 515 g/mol. The first-order valence-electron chi connectivity index (χ1n) is 12.3. The predicted molar refractivity (Wildman–Crippen MR) is 137 cm³/mol. The van der Waals surface area contributed by atoms with Crippen LogP contribution in [0.15, 0.2) is 40.3 Å². The van der Waals surface area contributed by atoms with Gasteiger partial charge in [-0.05, 0) is 37.5 Å². The molecule has 0 radical (unpaired) electrons. The molecule has 1 unspecified atom stereocenters. The van der Waals surface area contributed by atoms with E-state index < -0.39 is 12.1 Å². The highest BCUT2D eigenvalue weighted by Gasteiger charge is 2.26. The van der Waals surface area contributed by atoms with Crippen molar-refractivity contribution < 1.29 is 23.8 Å². The van der Waals surface area contributed by atoms with Crippen LogP contribution in [0.25, 0.3) is 10.2 Å². The number of hydrogen-bond donors (Lipinski definition) is 2. The number of aliphatic hydroxyl groups is 1. The third kappa shape index (κ3) is 6.50. The van der Waals surface area contributed by atoms with E-state index in [1.165, 1.54) is 12.5 Å². The number of nitrogens with zero attached hydrogens (tertiary/aromatic N) is 2. The number of aromatic nitrogens is 2. The van der Waals surface area contributed by atoms with Crippen LogP contribution in [0.1, 0.15) is 58.9 Å². The van der Waals surface area contributed by atoms with E-state index >= 15 is 0 Å². The van der Waals surface area contributed by atoms with E-state index in [4.69, 9.17) is 13.9 Å². The molecule has 0 bridgehead atoms. The molecule has 194 valence electrons. The lowest BCUT2D eigenvalue weighted by Gasteiger charge is -2.35. The molecule has 0 aromatic carbocycles. The van der Waals surface area contributed by atoms with Crippen molar-refractivity contribution in [3.8, 4) is 0 Å². The summed E-state index contributed by atoms with van der Waals surface area (Å²) in [6.45, 7) is 6.65. The van der Waals surface area contributed by atoms with Crippen LogP contribution in [0.5, 0.6) is 0 Å². The second kappa shape index (κ2) is 12.4. The lowest BCUT2D eigenvalue weighted by Crippen LogP contribution is -2.43. The number of H-pyrrole nitrogens is 1. The Bertz CT molecular complexity index is 1210. The Morgan fingerprint density at radius 2 is 2.22 bits per heavy atom. The fourth-order valence-electron chi connectivity index (χ4n) is 4.65. The lowest BCUT2D eigenvalue weighted by atomic mass is 9.94. The summed E-state index contributed by atoms with van der Waals surface area (Å²) in [6, 6.07) is 3.91. The van der Waals surface area contributed by atoms with Crippen LogP contribution < -0.4 is 5.56 Å². The quantitative estimate of drug-likeness (QED) is 0.275. The number of esters is 1. The molecule has 9 nitrogen and oxygen atoms in total. The van der Waals surface area contributed by atoms with Gasteiger partial charge in [-0.25, -0.2) is 9.78 Å². The van der Waals surface area contributed by atoms with Crippen molar-refractivity contribution in [1.82, 2.24) is 14.9 Å². The SMILES string of the molecule is C=CCOC(=O)c1sc2nc(CN(CC(O)COCc3ccco3)C3CCCCC3)[nH]c(=O)c2c1C. The number of aromatic amines is 1. The molecule has 1 aliphatic rings. The van der Waals surface area contributed by atoms with Crippen molar-refractivity contribution in [2.75, 3.05) is 19.8 Å². The summed E-state index contributed by atoms with van der Waals surface area (Å²) in [4.78, 5) is 36.0. The number of carbonyl (C=O) groups excluding carboxylic acids is 1. The van der Waals surface area contributed by atoms with Gasteiger partial charge >= 0.3 is 5.97 Å². The van der Waals surface area contributed by atoms with Gasteiger partial charge in [0.05, 0.1) is 30.9 Å². The number of thiophene rings is 1. The van der Waals surface area contributed by atoms with Gasteiger partial charge in [-0.1, -0.05) is 31.9 Å². The Kier molecular flexibility index (Phi) is 9.08. The molecule has 0 saturated heterocycles. The lowest BCUT2D eigenvalue weighted by molar-refractivity contribution is -0.00766. The van der Waals surface area contributed by atoms with Gasteiger partial charge in [-0.15, -0.1) is 11.3 Å². The van der Waals surface area contributed by atoms with Gasteiger partial charge in [0.1, 0.15) is 34.5 Å². The highest BCUT2D eigenvalue weighted by Crippen LogP contribution is 2.28. The topological polar surface area (TPSA) is 118 Å². The molecule has 0 aliphatic heterocycles. The van der Waals surface area contributed by atoms with Gasteiger partial charge in [0.25, 0.3) is 5.56 Å². The van der Waals surface area contributed by atoms with Crippen LogP contribution in [-0.4, -0.2) is 57.8 Å². The van der Waals surface area contributed by atoms with Gasteiger partial charge in [-0.3, -0.25) is 9.69 Å². The Balaban J connectivity index is 1.49. The van der Waals surface area contributed by atoms with Crippen molar-refractivity contribution in [2.24, 2.45) is 0 Å². The van der Waals surface area contributed by atoms with Crippen molar-refractivity contribution >= 4 is 27.5 Å². The van der Waals surface area contributed by atoms with Crippen LogP contribution in [0.3, 0.4) is 0 Å². The fourth-order valence-corrected chi connectivity index (χ4v) is 5.75. The largest absolute Gasteiger partial charge is 0.467 e. The number of nitrogens with one attached hydrogen (secondary N) is 1. The maximum absolute atomic E-state index is 13.0. The van der Waals surface area contributed by atoms with Crippen molar-refractivity contribution in [1.29, 1.82) is 0 Å². The number of hydrogen-bond acceptors (Lipinski definition) is 9.